The van der Waals surface area contributed by atoms with Crippen molar-refractivity contribution >= 4 is 35.2 Å². The standard InChI is InChI=1S/C8H11IOS/c1-4-7(6(2)9)8(5-11)10-3/h5-6,11H,1H2,2-3H3/b8-5+. The minimum atomic E-state index is 0.337. The molecule has 0 fully saturated rings. The Bertz CT molecular complexity index is 202. The van der Waals surface area contributed by atoms with Crippen LogP contribution in [0.5, 0.6) is 0 Å². The summed E-state index contributed by atoms with van der Waals surface area (Å²) in [6, 6.07) is 0. The Hall–Kier alpha value is 0.140. The third kappa shape index (κ3) is 3.36. The van der Waals surface area contributed by atoms with Crippen molar-refractivity contribution in [3.63, 3.8) is 0 Å². The van der Waals surface area contributed by atoms with Crippen LogP contribution in [0.3, 0.4) is 0 Å². The molecule has 0 saturated heterocycles. The Balaban J connectivity index is 4.65. The number of thiol groups is 1. The molecule has 1 unspecified atom stereocenters. The monoisotopic (exact) mass is 282 g/mol. The molecule has 0 aliphatic heterocycles. The first-order valence-corrected chi connectivity index (χ1v) is 4.86. The molecule has 0 aliphatic carbocycles. The smallest absolute Gasteiger partial charge is 0.136 e. The summed E-state index contributed by atoms with van der Waals surface area (Å²) in [6.45, 7) is 5.62. The van der Waals surface area contributed by atoms with Gasteiger partial charge in [-0.1, -0.05) is 29.2 Å². The normalized spacial score (nSPS) is 13.6. The molecule has 0 aromatic carbocycles. The van der Waals surface area contributed by atoms with Gasteiger partial charge in [-0.2, -0.15) is 0 Å². The van der Waals surface area contributed by atoms with E-state index in [1.54, 1.807) is 12.5 Å². The molecule has 0 amide bonds. The van der Waals surface area contributed by atoms with Gasteiger partial charge in [-0.05, 0) is 6.92 Å². The van der Waals surface area contributed by atoms with Crippen LogP contribution in [0.25, 0.3) is 0 Å². The summed E-state index contributed by atoms with van der Waals surface area (Å²) in [7, 11) is 1.61. The van der Waals surface area contributed by atoms with Crippen molar-refractivity contribution < 1.29 is 4.74 Å². The van der Waals surface area contributed by atoms with E-state index >= 15 is 0 Å². The summed E-state index contributed by atoms with van der Waals surface area (Å²) in [5.74, 6) is 0.727. The van der Waals surface area contributed by atoms with E-state index in [1.165, 1.54) is 0 Å². The number of ether oxygens (including phenoxy) is 1. The summed E-state index contributed by atoms with van der Waals surface area (Å²) in [5.41, 5.74) is 3.77. The Morgan fingerprint density at radius 3 is 2.45 bits per heavy atom. The van der Waals surface area contributed by atoms with Crippen LogP contribution >= 0.6 is 35.2 Å². The second-order valence-electron chi connectivity index (χ2n) is 1.90. The highest BCUT2D eigenvalue weighted by molar-refractivity contribution is 14.1. The van der Waals surface area contributed by atoms with Crippen molar-refractivity contribution in [3.05, 3.63) is 29.1 Å². The molecule has 0 heterocycles. The van der Waals surface area contributed by atoms with Crippen molar-refractivity contribution in [1.29, 1.82) is 0 Å². The molecule has 3 heteroatoms. The van der Waals surface area contributed by atoms with Crippen molar-refractivity contribution in [2.75, 3.05) is 7.11 Å². The average Bonchev–Trinajstić information content (AvgIpc) is 1.99. The van der Waals surface area contributed by atoms with E-state index in [9.17, 15) is 0 Å². The van der Waals surface area contributed by atoms with Gasteiger partial charge < -0.3 is 4.74 Å². The number of allylic oxidation sites excluding steroid dienone is 1. The lowest BCUT2D eigenvalue weighted by atomic mass is 10.2. The van der Waals surface area contributed by atoms with Crippen LogP contribution in [0.15, 0.2) is 29.1 Å². The Labute approximate surface area is 86.8 Å². The fourth-order valence-corrected chi connectivity index (χ4v) is 1.43. The molecule has 62 valence electrons. The number of alkyl halides is 1. The highest BCUT2D eigenvalue weighted by Gasteiger charge is 2.08. The number of hydrogen-bond donors (Lipinski definition) is 1. The zero-order chi connectivity index (χ0) is 8.85. The minimum Gasteiger partial charge on any atom is -0.495 e. The zero-order valence-electron chi connectivity index (χ0n) is 6.60. The lowest BCUT2D eigenvalue weighted by molar-refractivity contribution is 0.301. The minimum absolute atomic E-state index is 0.337. The quantitative estimate of drug-likeness (QED) is 0.209. The van der Waals surface area contributed by atoms with E-state index < -0.39 is 0 Å². The predicted molar refractivity (Wildman–Crippen MR) is 60.2 cm³/mol. The summed E-state index contributed by atoms with van der Waals surface area (Å²) in [4.78, 5) is 0. The molecule has 0 radical (unpaired) electrons. The van der Waals surface area contributed by atoms with Crippen molar-refractivity contribution in [3.8, 4) is 0 Å². The van der Waals surface area contributed by atoms with Gasteiger partial charge in [-0.25, -0.2) is 0 Å². The third-order valence-corrected chi connectivity index (χ3v) is 2.05. The van der Waals surface area contributed by atoms with Gasteiger partial charge in [-0.15, -0.1) is 18.4 Å². The topological polar surface area (TPSA) is 9.23 Å². The van der Waals surface area contributed by atoms with E-state index in [0.717, 1.165) is 11.3 Å². The van der Waals surface area contributed by atoms with Crippen LogP contribution in [0, 0.1) is 0 Å². The van der Waals surface area contributed by atoms with Crippen molar-refractivity contribution in [2.24, 2.45) is 0 Å². The van der Waals surface area contributed by atoms with E-state index in [0.29, 0.717) is 3.92 Å². The molecule has 11 heavy (non-hydrogen) atoms. The largest absolute Gasteiger partial charge is 0.495 e. The van der Waals surface area contributed by atoms with Crippen LogP contribution in [0.4, 0.5) is 0 Å². The molecule has 1 nitrogen and oxygen atoms in total. The summed E-state index contributed by atoms with van der Waals surface area (Å²) in [5, 5.41) is 1.61. The Morgan fingerprint density at radius 2 is 2.36 bits per heavy atom. The zero-order valence-corrected chi connectivity index (χ0v) is 9.65. The molecule has 0 rings (SSSR count). The van der Waals surface area contributed by atoms with Gasteiger partial charge >= 0.3 is 0 Å². The van der Waals surface area contributed by atoms with E-state index in [1.807, 2.05) is 6.92 Å². The van der Waals surface area contributed by atoms with Gasteiger partial charge in [0.2, 0.25) is 0 Å². The van der Waals surface area contributed by atoms with Gasteiger partial charge in [0, 0.05) is 14.9 Å². The molecule has 1 atom stereocenters. The van der Waals surface area contributed by atoms with Crippen LogP contribution in [-0.2, 0) is 4.74 Å². The average molecular weight is 282 g/mol. The first-order chi connectivity index (χ1) is 5.17. The van der Waals surface area contributed by atoms with E-state index in [4.69, 9.17) is 4.74 Å². The molecule has 0 N–H and O–H groups in total. The van der Waals surface area contributed by atoms with E-state index in [-0.39, 0.29) is 0 Å². The first kappa shape index (κ1) is 11.1. The molecule has 0 aromatic rings. The molecule has 0 bridgehead atoms. The van der Waals surface area contributed by atoms with Crippen molar-refractivity contribution in [2.45, 2.75) is 10.8 Å². The van der Waals surface area contributed by atoms with Crippen molar-refractivity contribution in [1.82, 2.24) is 0 Å². The van der Waals surface area contributed by atoms with Crippen LogP contribution in [0.2, 0.25) is 0 Å². The first-order valence-electron chi connectivity index (χ1n) is 3.10. The number of halogens is 1. The van der Waals surface area contributed by atoms with E-state index in [2.05, 4.69) is 47.5 Å². The number of hydrogen-bond acceptors (Lipinski definition) is 2. The molecule has 0 aliphatic rings. The van der Waals surface area contributed by atoms with Gasteiger partial charge in [0.25, 0.3) is 0 Å². The lowest BCUT2D eigenvalue weighted by Crippen LogP contribution is -2.00. The second-order valence-corrected chi connectivity index (χ2v) is 4.03. The van der Waals surface area contributed by atoms with Gasteiger partial charge in [-0.3, -0.25) is 0 Å². The van der Waals surface area contributed by atoms with Gasteiger partial charge in [0.15, 0.2) is 0 Å². The molecule has 0 saturated carbocycles. The molecule has 0 spiro atoms. The Morgan fingerprint density at radius 1 is 1.82 bits per heavy atom. The number of methoxy groups -OCH3 is 1. The fourth-order valence-electron chi connectivity index (χ4n) is 0.656. The maximum absolute atomic E-state index is 5.05. The lowest BCUT2D eigenvalue weighted by Gasteiger charge is -2.09. The highest BCUT2D eigenvalue weighted by Crippen LogP contribution is 2.20. The molecular weight excluding hydrogens is 271 g/mol. The van der Waals surface area contributed by atoms with Gasteiger partial charge in [0.1, 0.15) is 5.76 Å². The third-order valence-electron chi connectivity index (χ3n) is 1.19. The second kappa shape index (κ2) is 5.75. The number of rotatable bonds is 3. The summed E-state index contributed by atoms with van der Waals surface area (Å²) in [6.07, 6.45) is 0. The Kier molecular flexibility index (Phi) is 5.82. The summed E-state index contributed by atoms with van der Waals surface area (Å²) >= 11 is 6.28. The van der Waals surface area contributed by atoms with Crippen LogP contribution in [0.1, 0.15) is 6.92 Å². The van der Waals surface area contributed by atoms with Gasteiger partial charge in [0.05, 0.1) is 7.11 Å². The summed E-state index contributed by atoms with van der Waals surface area (Å²) < 4.78 is 5.39. The maximum atomic E-state index is 5.05. The highest BCUT2D eigenvalue weighted by atomic mass is 127. The molecular formula is C8H11IOS. The van der Waals surface area contributed by atoms with Crippen LogP contribution < -0.4 is 0 Å². The molecule has 0 aromatic heterocycles. The fraction of sp³-hybridized carbons (Fsp3) is 0.375. The van der Waals surface area contributed by atoms with Crippen LogP contribution in [-0.4, -0.2) is 11.0 Å². The predicted octanol–water partition coefficient (Wildman–Crippen LogP) is 2.94. The SMILES string of the molecule is C=C=C(/C(=C\S)OC)C(C)I. The maximum Gasteiger partial charge on any atom is 0.136 e.